The first-order valence-corrected chi connectivity index (χ1v) is 11.1. The Labute approximate surface area is 194 Å². The quantitative estimate of drug-likeness (QED) is 0.397. The van der Waals surface area contributed by atoms with E-state index in [9.17, 15) is 14.4 Å². The molecule has 9 heteroatoms. The molecule has 166 valence electrons. The molecule has 0 bridgehead atoms. The van der Waals surface area contributed by atoms with Gasteiger partial charge in [-0.1, -0.05) is 42.1 Å². The van der Waals surface area contributed by atoms with Crippen LogP contribution in [-0.2, 0) is 11.2 Å². The van der Waals surface area contributed by atoms with Gasteiger partial charge in [0.1, 0.15) is 17.7 Å². The van der Waals surface area contributed by atoms with Gasteiger partial charge in [-0.15, -0.1) is 10.2 Å². The number of carbonyl (C=O) groups excluding carboxylic acids is 1. The van der Waals surface area contributed by atoms with E-state index >= 15 is 0 Å². The fraction of sp³-hybridized carbons (Fsp3) is 0.167. The van der Waals surface area contributed by atoms with Crippen molar-refractivity contribution in [3.05, 3.63) is 88.7 Å². The summed E-state index contributed by atoms with van der Waals surface area (Å²) in [4.78, 5) is 12.7. The van der Waals surface area contributed by atoms with Crippen molar-refractivity contribution in [1.82, 2.24) is 14.8 Å². The molecule has 0 radical (unpaired) electrons. The number of aromatic nitrogens is 3. The summed E-state index contributed by atoms with van der Waals surface area (Å²) in [6, 6.07) is 17.8. The average molecular weight is 462 g/mol. The number of amides is 1. The van der Waals surface area contributed by atoms with Crippen LogP contribution >= 0.6 is 11.8 Å². The van der Waals surface area contributed by atoms with Crippen molar-refractivity contribution in [2.24, 2.45) is 0 Å². The third-order valence-electron chi connectivity index (χ3n) is 5.14. The number of anilines is 1. The fourth-order valence-electron chi connectivity index (χ4n) is 3.41. The molecular formula is C24H20FN5O2S. The second kappa shape index (κ2) is 9.71. The van der Waals surface area contributed by atoms with Gasteiger partial charge in [0.05, 0.1) is 17.7 Å². The molecule has 0 aliphatic heterocycles. The first-order chi connectivity index (χ1) is 16.0. The lowest BCUT2D eigenvalue weighted by Gasteiger charge is -2.13. The Morgan fingerprint density at radius 2 is 1.88 bits per heavy atom. The fourth-order valence-corrected chi connectivity index (χ4v) is 3.99. The molecule has 0 aliphatic rings. The number of nitrogens with one attached hydrogen (secondary N) is 1. The van der Waals surface area contributed by atoms with Gasteiger partial charge < -0.3 is 9.73 Å². The maximum Gasteiger partial charge on any atom is 0.277 e. The molecule has 0 saturated carbocycles. The molecule has 33 heavy (non-hydrogen) atoms. The summed E-state index contributed by atoms with van der Waals surface area (Å²) in [5.41, 5.74) is 3.57. The lowest BCUT2D eigenvalue weighted by molar-refractivity contribution is -0.113. The van der Waals surface area contributed by atoms with E-state index in [0.29, 0.717) is 29.4 Å². The molecule has 0 saturated heterocycles. The van der Waals surface area contributed by atoms with E-state index in [4.69, 9.17) is 4.42 Å². The lowest BCUT2D eigenvalue weighted by atomic mass is 10.2. The zero-order valence-electron chi connectivity index (χ0n) is 18.0. The van der Waals surface area contributed by atoms with Crippen LogP contribution in [0, 0.1) is 31.0 Å². The average Bonchev–Trinajstić information content (AvgIpc) is 3.35. The third kappa shape index (κ3) is 4.96. The Kier molecular flexibility index (Phi) is 6.56. The monoisotopic (exact) mass is 461 g/mol. The van der Waals surface area contributed by atoms with Gasteiger partial charge in [0.15, 0.2) is 0 Å². The number of hydrogen-bond acceptors (Lipinski definition) is 6. The molecule has 1 N–H and O–H groups in total. The van der Waals surface area contributed by atoms with E-state index < -0.39 is 0 Å². The van der Waals surface area contributed by atoms with E-state index in [1.807, 2.05) is 44.2 Å². The minimum absolute atomic E-state index is 0.0184. The second-order valence-electron chi connectivity index (χ2n) is 7.32. The highest BCUT2D eigenvalue weighted by molar-refractivity contribution is 7.99. The van der Waals surface area contributed by atoms with Crippen LogP contribution in [0.25, 0.3) is 5.69 Å². The van der Waals surface area contributed by atoms with Gasteiger partial charge in [-0.3, -0.25) is 9.36 Å². The van der Waals surface area contributed by atoms with Gasteiger partial charge in [0, 0.05) is 11.4 Å². The summed E-state index contributed by atoms with van der Waals surface area (Å²) in [7, 11) is 0. The first kappa shape index (κ1) is 22.3. The van der Waals surface area contributed by atoms with Gasteiger partial charge >= 0.3 is 0 Å². The van der Waals surface area contributed by atoms with Crippen molar-refractivity contribution < 1.29 is 13.6 Å². The van der Waals surface area contributed by atoms with E-state index in [1.165, 1.54) is 12.1 Å². The van der Waals surface area contributed by atoms with Crippen molar-refractivity contribution in [2.45, 2.75) is 25.5 Å². The molecule has 4 rings (SSSR count). The highest BCUT2D eigenvalue weighted by atomic mass is 32.2. The normalized spacial score (nSPS) is 10.7. The van der Waals surface area contributed by atoms with Crippen LogP contribution in [0.5, 0.6) is 0 Å². The zero-order chi connectivity index (χ0) is 23.4. The van der Waals surface area contributed by atoms with Crippen molar-refractivity contribution in [1.29, 1.82) is 5.26 Å². The van der Waals surface area contributed by atoms with E-state index in [2.05, 4.69) is 21.6 Å². The molecule has 2 aromatic carbocycles. The molecule has 0 fully saturated rings. The van der Waals surface area contributed by atoms with Crippen LogP contribution in [0.3, 0.4) is 0 Å². The first-order valence-electron chi connectivity index (χ1n) is 10.1. The Morgan fingerprint density at radius 1 is 1.15 bits per heavy atom. The molecule has 0 unspecified atom stereocenters. The number of thioether (sulfide) groups is 1. The van der Waals surface area contributed by atoms with Crippen LogP contribution in [0.1, 0.15) is 28.3 Å². The van der Waals surface area contributed by atoms with Gasteiger partial charge in [-0.2, -0.15) is 5.26 Å². The van der Waals surface area contributed by atoms with E-state index in [-0.39, 0.29) is 22.7 Å². The minimum atomic E-state index is -0.367. The number of rotatable bonds is 7. The van der Waals surface area contributed by atoms with Crippen molar-refractivity contribution >= 4 is 23.5 Å². The third-order valence-corrected chi connectivity index (χ3v) is 5.96. The van der Waals surface area contributed by atoms with Crippen LogP contribution in [0.15, 0.2) is 64.2 Å². The predicted octanol–water partition coefficient (Wildman–Crippen LogP) is 4.81. The summed E-state index contributed by atoms with van der Waals surface area (Å²) in [5.74, 6) is 0.131. The number of carbonyl (C=O) groups is 1. The zero-order valence-corrected chi connectivity index (χ0v) is 18.8. The smallest absolute Gasteiger partial charge is 0.277 e. The van der Waals surface area contributed by atoms with Crippen LogP contribution in [0.4, 0.5) is 10.2 Å². The minimum Gasteiger partial charge on any atom is -0.416 e. The highest BCUT2D eigenvalue weighted by Crippen LogP contribution is 2.30. The summed E-state index contributed by atoms with van der Waals surface area (Å²) >= 11 is 1.11. The number of benzene rings is 2. The van der Waals surface area contributed by atoms with Crippen molar-refractivity contribution in [3.63, 3.8) is 0 Å². The maximum absolute atomic E-state index is 13.4. The summed E-state index contributed by atoms with van der Waals surface area (Å²) in [6.45, 7) is 3.65. The number of nitriles is 1. The van der Waals surface area contributed by atoms with Crippen molar-refractivity contribution in [2.75, 3.05) is 11.1 Å². The molecule has 0 atom stereocenters. The largest absolute Gasteiger partial charge is 0.416 e. The Morgan fingerprint density at radius 3 is 2.58 bits per heavy atom. The van der Waals surface area contributed by atoms with Gasteiger partial charge in [0.2, 0.25) is 11.8 Å². The summed E-state index contributed by atoms with van der Waals surface area (Å²) in [6.07, 6.45) is 0.510. The van der Waals surface area contributed by atoms with Gasteiger partial charge in [-0.25, -0.2) is 4.39 Å². The SMILES string of the molecule is Cc1c(C#N)c(NC(=O)CSc2nnc(Cc3ccccc3)o2)n(-c2ccc(F)cc2)c1C. The van der Waals surface area contributed by atoms with Crippen LogP contribution in [0.2, 0.25) is 0 Å². The molecule has 2 aromatic heterocycles. The number of hydrogen-bond donors (Lipinski definition) is 1. The molecule has 0 aliphatic carbocycles. The molecule has 2 heterocycles. The molecular weight excluding hydrogens is 441 g/mol. The molecule has 7 nitrogen and oxygen atoms in total. The van der Waals surface area contributed by atoms with Gasteiger partial charge in [-0.05, 0) is 49.2 Å². The van der Waals surface area contributed by atoms with Gasteiger partial charge in [0.25, 0.3) is 5.22 Å². The van der Waals surface area contributed by atoms with E-state index in [1.54, 1.807) is 16.7 Å². The topological polar surface area (TPSA) is 96.7 Å². The summed E-state index contributed by atoms with van der Waals surface area (Å²) < 4.78 is 20.8. The Hall–Kier alpha value is -3.90. The molecule has 4 aromatic rings. The maximum atomic E-state index is 13.4. The predicted molar refractivity (Wildman–Crippen MR) is 123 cm³/mol. The lowest BCUT2D eigenvalue weighted by Crippen LogP contribution is -2.17. The second-order valence-corrected chi connectivity index (χ2v) is 8.25. The van der Waals surface area contributed by atoms with Crippen molar-refractivity contribution in [3.8, 4) is 11.8 Å². The number of halogens is 1. The Balaban J connectivity index is 1.47. The molecule has 1 amide bonds. The Bertz CT molecular complexity index is 1320. The van der Waals surface area contributed by atoms with Crippen LogP contribution < -0.4 is 5.32 Å². The number of nitrogens with zero attached hydrogens (tertiary/aromatic N) is 4. The van der Waals surface area contributed by atoms with Crippen LogP contribution in [-0.4, -0.2) is 26.4 Å². The standard InChI is InChI=1S/C24H20FN5O2S/c1-15-16(2)30(19-10-8-18(25)9-11-19)23(20(15)13-26)27-21(31)14-33-24-29-28-22(32-24)12-17-6-4-3-5-7-17/h3-11H,12,14H2,1-2H3,(H,27,31). The highest BCUT2D eigenvalue weighted by Gasteiger charge is 2.21. The molecule has 0 spiro atoms. The van der Waals surface area contributed by atoms with E-state index in [0.717, 1.165) is 28.6 Å². The summed E-state index contributed by atoms with van der Waals surface area (Å²) in [5, 5.41) is 20.8.